The lowest BCUT2D eigenvalue weighted by Crippen LogP contribution is -2.24. The fraction of sp³-hybridized carbons (Fsp3) is 0.364. The maximum Gasteiger partial charge on any atom is 0.337 e. The van der Waals surface area contributed by atoms with E-state index in [1.54, 1.807) is 6.92 Å². The van der Waals surface area contributed by atoms with Crippen molar-refractivity contribution in [3.05, 3.63) is 28.3 Å². The quantitative estimate of drug-likeness (QED) is 0.853. The van der Waals surface area contributed by atoms with E-state index in [0.717, 1.165) is 0 Å². The molecular formula is C11H13ClFNO3. The van der Waals surface area contributed by atoms with E-state index < -0.39 is 12.6 Å². The summed E-state index contributed by atoms with van der Waals surface area (Å²) in [5.41, 5.74) is 5.59. The fourth-order valence-corrected chi connectivity index (χ4v) is 1.49. The Balaban J connectivity index is 3.08. The summed E-state index contributed by atoms with van der Waals surface area (Å²) in [4.78, 5) is 10.9. The molecule has 0 aliphatic heterocycles. The van der Waals surface area contributed by atoms with E-state index in [-0.39, 0.29) is 34.5 Å². The first kappa shape index (κ1) is 13.7. The molecule has 0 saturated carbocycles. The smallest absolute Gasteiger partial charge is 0.337 e. The highest BCUT2D eigenvalue weighted by molar-refractivity contribution is 6.33. The minimum atomic E-state index is -1.19. The van der Waals surface area contributed by atoms with Gasteiger partial charge in [0.15, 0.2) is 0 Å². The Kier molecular flexibility index (Phi) is 4.72. The molecule has 94 valence electrons. The highest BCUT2D eigenvalue weighted by Gasteiger charge is 2.15. The van der Waals surface area contributed by atoms with Crippen molar-refractivity contribution in [2.24, 2.45) is 5.73 Å². The number of carboxylic acid groups (broad SMARTS) is 1. The van der Waals surface area contributed by atoms with Gasteiger partial charge in [-0.2, -0.15) is 0 Å². The highest BCUT2D eigenvalue weighted by atomic mass is 35.5. The molecule has 0 radical (unpaired) electrons. The van der Waals surface area contributed by atoms with Crippen LogP contribution in [0.4, 0.5) is 4.39 Å². The lowest BCUT2D eigenvalue weighted by Gasteiger charge is -2.13. The number of ether oxygens (including phenoxy) is 1. The van der Waals surface area contributed by atoms with Crippen LogP contribution in [0.5, 0.6) is 5.75 Å². The molecule has 6 heteroatoms. The molecule has 0 spiro atoms. The van der Waals surface area contributed by atoms with E-state index in [2.05, 4.69) is 0 Å². The molecule has 0 aromatic heterocycles. The number of carboxylic acids is 1. The van der Waals surface area contributed by atoms with Crippen molar-refractivity contribution in [3.8, 4) is 5.75 Å². The summed E-state index contributed by atoms with van der Waals surface area (Å²) in [7, 11) is 0. The Hall–Kier alpha value is -1.33. The van der Waals surface area contributed by atoms with Gasteiger partial charge in [0.2, 0.25) is 0 Å². The predicted molar refractivity (Wildman–Crippen MR) is 62.4 cm³/mol. The van der Waals surface area contributed by atoms with Crippen molar-refractivity contribution in [2.45, 2.75) is 19.6 Å². The third kappa shape index (κ3) is 3.57. The molecule has 0 aliphatic rings. The SMILES string of the molecule is CC(N)COc1cc(C(=O)O)c(Cl)cc1CF. The number of nitrogens with two attached hydrogens (primary N) is 1. The van der Waals surface area contributed by atoms with Gasteiger partial charge in [-0.3, -0.25) is 0 Å². The lowest BCUT2D eigenvalue weighted by atomic mass is 10.1. The molecule has 0 aliphatic carbocycles. The van der Waals surface area contributed by atoms with Crippen molar-refractivity contribution in [1.29, 1.82) is 0 Å². The molecule has 0 amide bonds. The van der Waals surface area contributed by atoms with Crippen LogP contribution in [0.15, 0.2) is 12.1 Å². The second-order valence-electron chi connectivity index (χ2n) is 3.67. The zero-order valence-corrected chi connectivity index (χ0v) is 10.00. The standard InChI is InChI=1S/C11H13ClFNO3/c1-6(14)5-17-10-3-8(11(15)16)9(12)2-7(10)4-13/h2-3,6H,4-5,14H2,1H3,(H,15,16). The molecule has 1 atom stereocenters. The average molecular weight is 262 g/mol. The molecule has 4 nitrogen and oxygen atoms in total. The summed E-state index contributed by atoms with van der Waals surface area (Å²) in [6.07, 6.45) is 0. The van der Waals surface area contributed by atoms with Crippen LogP contribution >= 0.6 is 11.6 Å². The first-order chi connectivity index (χ1) is 7.95. The molecular weight excluding hydrogens is 249 g/mol. The topological polar surface area (TPSA) is 72.5 Å². The number of hydrogen-bond donors (Lipinski definition) is 2. The van der Waals surface area contributed by atoms with Crippen molar-refractivity contribution >= 4 is 17.6 Å². The molecule has 0 saturated heterocycles. The lowest BCUT2D eigenvalue weighted by molar-refractivity contribution is 0.0696. The van der Waals surface area contributed by atoms with Crippen LogP contribution in [0.3, 0.4) is 0 Å². The van der Waals surface area contributed by atoms with E-state index in [9.17, 15) is 9.18 Å². The van der Waals surface area contributed by atoms with E-state index in [0.29, 0.717) is 0 Å². The van der Waals surface area contributed by atoms with Crippen LogP contribution in [0, 0.1) is 0 Å². The highest BCUT2D eigenvalue weighted by Crippen LogP contribution is 2.28. The second kappa shape index (κ2) is 5.84. The van der Waals surface area contributed by atoms with Gasteiger partial charge in [0, 0.05) is 11.6 Å². The molecule has 3 N–H and O–H groups in total. The van der Waals surface area contributed by atoms with Gasteiger partial charge in [0.1, 0.15) is 19.0 Å². The van der Waals surface area contributed by atoms with Crippen LogP contribution < -0.4 is 10.5 Å². The predicted octanol–water partition coefficient (Wildman–Crippen LogP) is 2.23. The largest absolute Gasteiger partial charge is 0.492 e. The summed E-state index contributed by atoms with van der Waals surface area (Å²) < 4.78 is 18.0. The molecule has 0 heterocycles. The Morgan fingerprint density at radius 3 is 2.76 bits per heavy atom. The number of halogens is 2. The first-order valence-corrected chi connectivity index (χ1v) is 5.33. The van der Waals surface area contributed by atoms with Gasteiger partial charge in [-0.15, -0.1) is 0 Å². The molecule has 1 aromatic carbocycles. The van der Waals surface area contributed by atoms with Gasteiger partial charge in [0.05, 0.1) is 10.6 Å². The maximum absolute atomic E-state index is 12.7. The van der Waals surface area contributed by atoms with Crippen molar-refractivity contribution in [2.75, 3.05) is 6.61 Å². The summed E-state index contributed by atoms with van der Waals surface area (Å²) >= 11 is 5.71. The minimum absolute atomic E-state index is 0.0155. The van der Waals surface area contributed by atoms with E-state index in [4.69, 9.17) is 27.2 Å². The molecule has 1 rings (SSSR count). The summed E-state index contributed by atoms with van der Waals surface area (Å²) in [6, 6.07) is 2.23. The molecule has 1 aromatic rings. The number of carbonyl (C=O) groups is 1. The van der Waals surface area contributed by atoms with Crippen LogP contribution in [0.25, 0.3) is 0 Å². The zero-order valence-electron chi connectivity index (χ0n) is 9.24. The molecule has 0 bridgehead atoms. The average Bonchev–Trinajstić information content (AvgIpc) is 2.26. The number of hydrogen-bond acceptors (Lipinski definition) is 3. The summed E-state index contributed by atoms with van der Waals surface area (Å²) in [6.45, 7) is 1.12. The van der Waals surface area contributed by atoms with Crippen molar-refractivity contribution in [1.82, 2.24) is 0 Å². The van der Waals surface area contributed by atoms with Gasteiger partial charge in [-0.05, 0) is 19.1 Å². The summed E-state index contributed by atoms with van der Waals surface area (Å²) in [5, 5.41) is 8.86. The van der Waals surface area contributed by atoms with Gasteiger partial charge in [0.25, 0.3) is 0 Å². The number of aromatic carboxylic acids is 1. The Morgan fingerprint density at radius 2 is 2.29 bits per heavy atom. The maximum atomic E-state index is 12.7. The molecule has 17 heavy (non-hydrogen) atoms. The molecule has 1 unspecified atom stereocenters. The van der Waals surface area contributed by atoms with Crippen LogP contribution in [-0.2, 0) is 6.67 Å². The normalized spacial score (nSPS) is 12.2. The third-order valence-electron chi connectivity index (χ3n) is 2.03. The first-order valence-electron chi connectivity index (χ1n) is 4.95. The number of rotatable bonds is 5. The summed E-state index contributed by atoms with van der Waals surface area (Å²) in [5.74, 6) is -1.03. The third-order valence-corrected chi connectivity index (χ3v) is 2.34. The number of benzene rings is 1. The van der Waals surface area contributed by atoms with Crippen LogP contribution in [0.1, 0.15) is 22.8 Å². The van der Waals surface area contributed by atoms with Gasteiger partial charge < -0.3 is 15.6 Å². The van der Waals surface area contributed by atoms with Gasteiger partial charge in [-0.1, -0.05) is 11.6 Å². The van der Waals surface area contributed by atoms with Crippen LogP contribution in [0.2, 0.25) is 5.02 Å². The van der Waals surface area contributed by atoms with E-state index in [1.165, 1.54) is 12.1 Å². The Morgan fingerprint density at radius 1 is 1.65 bits per heavy atom. The second-order valence-corrected chi connectivity index (χ2v) is 4.07. The fourth-order valence-electron chi connectivity index (χ4n) is 1.22. The zero-order chi connectivity index (χ0) is 13.0. The van der Waals surface area contributed by atoms with Crippen LogP contribution in [-0.4, -0.2) is 23.7 Å². The van der Waals surface area contributed by atoms with Gasteiger partial charge >= 0.3 is 5.97 Å². The number of alkyl halides is 1. The minimum Gasteiger partial charge on any atom is -0.492 e. The Labute approximate surface area is 103 Å². The molecule has 0 fully saturated rings. The van der Waals surface area contributed by atoms with E-state index >= 15 is 0 Å². The van der Waals surface area contributed by atoms with E-state index in [1.807, 2.05) is 0 Å². The van der Waals surface area contributed by atoms with Crippen molar-refractivity contribution in [3.63, 3.8) is 0 Å². The van der Waals surface area contributed by atoms with Crippen molar-refractivity contribution < 1.29 is 19.0 Å². The Bertz CT molecular complexity index is 423. The van der Waals surface area contributed by atoms with Gasteiger partial charge in [-0.25, -0.2) is 9.18 Å². The monoisotopic (exact) mass is 261 g/mol.